The van der Waals surface area contributed by atoms with Crippen molar-refractivity contribution in [2.24, 2.45) is 0 Å². The van der Waals surface area contributed by atoms with Crippen LogP contribution >= 0.6 is 0 Å². The predicted octanol–water partition coefficient (Wildman–Crippen LogP) is -1.49. The van der Waals surface area contributed by atoms with Gasteiger partial charge in [-0.2, -0.15) is 4.98 Å². The van der Waals surface area contributed by atoms with Gasteiger partial charge in [-0.3, -0.25) is 9.78 Å². The standard InChI is InChI=1S/C6H9N5O2/c7-6-10-4-3(5(13)11-6)9-2(12)1-8-4/h2,9,12H,1H2,(H4,7,8,10,11,13). The number of anilines is 3. The molecule has 0 aliphatic carbocycles. The van der Waals surface area contributed by atoms with Crippen LogP contribution in [0.3, 0.4) is 0 Å². The third kappa shape index (κ3) is 1.29. The van der Waals surface area contributed by atoms with E-state index in [1.807, 2.05) is 0 Å². The zero-order valence-corrected chi connectivity index (χ0v) is 6.66. The average Bonchev–Trinajstić information content (AvgIpc) is 2.06. The number of aliphatic hydroxyl groups excluding tert-OH is 1. The fourth-order valence-electron chi connectivity index (χ4n) is 1.16. The molecule has 0 radical (unpaired) electrons. The molecule has 1 atom stereocenters. The first-order chi connectivity index (χ1) is 6.16. The van der Waals surface area contributed by atoms with Crippen molar-refractivity contribution in [3.8, 4) is 0 Å². The molecule has 7 nitrogen and oxygen atoms in total. The van der Waals surface area contributed by atoms with Crippen molar-refractivity contribution in [3.63, 3.8) is 0 Å². The van der Waals surface area contributed by atoms with E-state index in [0.717, 1.165) is 0 Å². The number of nitrogens with one attached hydrogen (secondary N) is 3. The molecule has 0 fully saturated rings. The molecule has 70 valence electrons. The number of fused-ring (bicyclic) bond motifs is 1. The second-order valence-corrected chi connectivity index (χ2v) is 2.72. The average molecular weight is 183 g/mol. The largest absolute Gasteiger partial charge is 0.372 e. The predicted molar refractivity (Wildman–Crippen MR) is 47.4 cm³/mol. The molecule has 2 heterocycles. The minimum atomic E-state index is -0.779. The van der Waals surface area contributed by atoms with Crippen LogP contribution in [0.15, 0.2) is 4.79 Å². The second-order valence-electron chi connectivity index (χ2n) is 2.72. The van der Waals surface area contributed by atoms with Crippen LogP contribution in [-0.4, -0.2) is 27.8 Å². The molecule has 0 aromatic carbocycles. The smallest absolute Gasteiger partial charge is 0.277 e. The third-order valence-electron chi connectivity index (χ3n) is 1.71. The molecule has 6 N–H and O–H groups in total. The molecule has 1 unspecified atom stereocenters. The molecule has 0 spiro atoms. The van der Waals surface area contributed by atoms with Crippen LogP contribution in [0, 0.1) is 0 Å². The third-order valence-corrected chi connectivity index (χ3v) is 1.71. The summed E-state index contributed by atoms with van der Waals surface area (Å²) in [7, 11) is 0. The van der Waals surface area contributed by atoms with E-state index in [9.17, 15) is 4.79 Å². The Morgan fingerprint density at radius 2 is 2.38 bits per heavy atom. The van der Waals surface area contributed by atoms with Gasteiger partial charge in [0, 0.05) is 0 Å². The van der Waals surface area contributed by atoms with Gasteiger partial charge in [-0.05, 0) is 0 Å². The Kier molecular flexibility index (Phi) is 1.59. The van der Waals surface area contributed by atoms with E-state index in [0.29, 0.717) is 12.4 Å². The Balaban J connectivity index is 2.53. The summed E-state index contributed by atoms with van der Waals surface area (Å²) in [6.45, 7) is 0.295. The molecule has 0 saturated carbocycles. The molecule has 1 aromatic heterocycles. The van der Waals surface area contributed by atoms with Crippen molar-refractivity contribution in [2.75, 3.05) is 22.9 Å². The van der Waals surface area contributed by atoms with Crippen LogP contribution in [0.1, 0.15) is 0 Å². The summed E-state index contributed by atoms with van der Waals surface area (Å²) in [5.74, 6) is 0.418. The summed E-state index contributed by atoms with van der Waals surface area (Å²) in [5.41, 5.74) is 5.14. The van der Waals surface area contributed by atoms with Crippen molar-refractivity contribution in [1.82, 2.24) is 9.97 Å². The van der Waals surface area contributed by atoms with E-state index in [1.54, 1.807) is 0 Å². The maximum absolute atomic E-state index is 11.2. The van der Waals surface area contributed by atoms with Crippen molar-refractivity contribution in [1.29, 1.82) is 0 Å². The van der Waals surface area contributed by atoms with Crippen molar-refractivity contribution in [2.45, 2.75) is 6.23 Å². The number of hydrogen-bond acceptors (Lipinski definition) is 6. The number of aromatic amines is 1. The summed E-state index contributed by atoms with van der Waals surface area (Å²) in [6, 6.07) is 0. The van der Waals surface area contributed by atoms with E-state index < -0.39 is 11.8 Å². The monoisotopic (exact) mass is 183 g/mol. The summed E-state index contributed by atoms with van der Waals surface area (Å²) in [6.07, 6.45) is -0.779. The van der Waals surface area contributed by atoms with Gasteiger partial charge in [-0.15, -0.1) is 0 Å². The molecule has 7 heteroatoms. The molecule has 0 saturated heterocycles. The lowest BCUT2D eigenvalue weighted by Crippen LogP contribution is -2.36. The Morgan fingerprint density at radius 1 is 1.62 bits per heavy atom. The highest BCUT2D eigenvalue weighted by Crippen LogP contribution is 2.18. The van der Waals surface area contributed by atoms with Crippen molar-refractivity contribution in [3.05, 3.63) is 10.4 Å². The molecule has 0 bridgehead atoms. The molecule has 1 aliphatic rings. The van der Waals surface area contributed by atoms with Crippen LogP contribution in [0.4, 0.5) is 17.5 Å². The number of β-amino-alcohol motifs (C(OH)–C–C–N with tert-alkyl or cyclic N) is 1. The Morgan fingerprint density at radius 3 is 3.15 bits per heavy atom. The minimum Gasteiger partial charge on any atom is -0.372 e. The topological polar surface area (TPSA) is 116 Å². The van der Waals surface area contributed by atoms with Gasteiger partial charge >= 0.3 is 0 Å². The Bertz CT molecular complexity index is 387. The molecular weight excluding hydrogens is 174 g/mol. The first-order valence-corrected chi connectivity index (χ1v) is 3.75. The number of aliphatic hydroxyl groups is 1. The van der Waals surface area contributed by atoms with E-state index in [2.05, 4.69) is 20.6 Å². The first-order valence-electron chi connectivity index (χ1n) is 3.75. The van der Waals surface area contributed by atoms with Gasteiger partial charge in [0.1, 0.15) is 11.9 Å². The Hall–Kier alpha value is -1.76. The highest BCUT2D eigenvalue weighted by atomic mass is 16.3. The number of H-pyrrole nitrogens is 1. The summed E-state index contributed by atoms with van der Waals surface area (Å²) < 4.78 is 0. The SMILES string of the molecule is Nc1nc2c(c(=O)[nH]1)NC(O)CN2. The molecule has 13 heavy (non-hydrogen) atoms. The Labute approximate surface area is 73.0 Å². The zero-order chi connectivity index (χ0) is 9.42. The van der Waals surface area contributed by atoms with Gasteiger partial charge in [0.05, 0.1) is 6.54 Å². The van der Waals surface area contributed by atoms with E-state index in [-0.39, 0.29) is 11.6 Å². The zero-order valence-electron chi connectivity index (χ0n) is 6.66. The highest BCUT2D eigenvalue weighted by molar-refractivity contribution is 5.66. The van der Waals surface area contributed by atoms with Crippen molar-refractivity contribution >= 4 is 17.5 Å². The fraction of sp³-hybridized carbons (Fsp3) is 0.333. The quantitative estimate of drug-likeness (QED) is 0.334. The van der Waals surface area contributed by atoms with Crippen LogP contribution in [0.25, 0.3) is 0 Å². The van der Waals surface area contributed by atoms with Gasteiger partial charge < -0.3 is 21.5 Å². The summed E-state index contributed by atoms with van der Waals surface area (Å²) >= 11 is 0. The van der Waals surface area contributed by atoms with Crippen LogP contribution in [0.2, 0.25) is 0 Å². The number of hydrogen-bond donors (Lipinski definition) is 5. The minimum absolute atomic E-state index is 0.0504. The van der Waals surface area contributed by atoms with Gasteiger partial charge in [-0.1, -0.05) is 0 Å². The van der Waals surface area contributed by atoms with Gasteiger partial charge in [0.25, 0.3) is 5.56 Å². The van der Waals surface area contributed by atoms with Crippen LogP contribution in [-0.2, 0) is 0 Å². The molecule has 2 rings (SSSR count). The molecule has 0 amide bonds. The maximum atomic E-state index is 11.2. The lowest BCUT2D eigenvalue weighted by Gasteiger charge is -2.22. The second kappa shape index (κ2) is 2.63. The fourth-order valence-corrected chi connectivity index (χ4v) is 1.16. The lowest BCUT2D eigenvalue weighted by atomic mass is 10.3. The van der Waals surface area contributed by atoms with Crippen LogP contribution < -0.4 is 21.9 Å². The molecule has 1 aromatic rings. The number of aromatic nitrogens is 2. The highest BCUT2D eigenvalue weighted by Gasteiger charge is 2.18. The van der Waals surface area contributed by atoms with E-state index in [4.69, 9.17) is 10.8 Å². The summed E-state index contributed by atoms with van der Waals surface area (Å²) in [5, 5.41) is 14.5. The number of nitrogens with two attached hydrogens (primary N) is 1. The van der Waals surface area contributed by atoms with Crippen molar-refractivity contribution < 1.29 is 5.11 Å². The number of nitrogen functional groups attached to an aromatic ring is 1. The number of nitrogens with zero attached hydrogens (tertiary/aromatic N) is 1. The molecule has 1 aliphatic heterocycles. The van der Waals surface area contributed by atoms with E-state index in [1.165, 1.54) is 0 Å². The lowest BCUT2D eigenvalue weighted by molar-refractivity contribution is 0.214. The first kappa shape index (κ1) is 7.87. The van der Waals surface area contributed by atoms with Gasteiger partial charge in [0.2, 0.25) is 5.95 Å². The maximum Gasteiger partial charge on any atom is 0.277 e. The summed E-state index contributed by atoms with van der Waals surface area (Å²) in [4.78, 5) is 17.4. The normalized spacial score (nSPS) is 19.9. The number of rotatable bonds is 0. The van der Waals surface area contributed by atoms with E-state index >= 15 is 0 Å². The van der Waals surface area contributed by atoms with Gasteiger partial charge in [0.15, 0.2) is 5.82 Å². The molecular formula is C6H9N5O2. The van der Waals surface area contributed by atoms with Gasteiger partial charge in [-0.25, -0.2) is 0 Å². The van der Waals surface area contributed by atoms with Crippen LogP contribution in [0.5, 0.6) is 0 Å².